The predicted molar refractivity (Wildman–Crippen MR) is 91.0 cm³/mol. The molecular formula is C17H15N5O2. The van der Waals surface area contributed by atoms with E-state index in [0.29, 0.717) is 5.69 Å². The second-order valence-electron chi connectivity index (χ2n) is 5.00. The first-order valence-corrected chi connectivity index (χ1v) is 7.31. The molecule has 0 atom stereocenters. The normalized spacial score (nSPS) is 10.8. The summed E-state index contributed by atoms with van der Waals surface area (Å²) in [7, 11) is 0. The average Bonchev–Trinajstić information content (AvgIpc) is 3.11. The van der Waals surface area contributed by atoms with Crippen LogP contribution in [-0.4, -0.2) is 33.5 Å². The number of hydrogen-bond donors (Lipinski definition) is 3. The van der Waals surface area contributed by atoms with Crippen molar-refractivity contribution in [2.24, 2.45) is 0 Å². The zero-order chi connectivity index (χ0) is 16.8. The number of hydrogen-bond acceptors (Lipinski definition) is 4. The van der Waals surface area contributed by atoms with Gasteiger partial charge >= 0.3 is 0 Å². The maximum Gasteiger partial charge on any atom is 0.244 e. The molecule has 0 aliphatic rings. The molecule has 7 nitrogen and oxygen atoms in total. The second-order valence-corrected chi connectivity index (χ2v) is 5.00. The number of carbonyl (C=O) groups is 2. The Morgan fingerprint density at radius 2 is 2.08 bits per heavy atom. The molecule has 3 N–H and O–H groups in total. The molecule has 0 unspecified atom stereocenters. The van der Waals surface area contributed by atoms with E-state index in [-0.39, 0.29) is 18.4 Å². The molecular weight excluding hydrogens is 306 g/mol. The second kappa shape index (κ2) is 7.19. The number of benzene rings is 1. The number of nitrogens with one attached hydrogen (secondary N) is 3. The summed E-state index contributed by atoms with van der Waals surface area (Å²) in [5, 5.41) is 12.4. The van der Waals surface area contributed by atoms with Crippen molar-refractivity contribution in [1.29, 1.82) is 0 Å². The summed E-state index contributed by atoms with van der Waals surface area (Å²) in [6.07, 6.45) is 7.82. The summed E-state index contributed by atoms with van der Waals surface area (Å²) in [6.45, 7) is -0.120. The van der Waals surface area contributed by atoms with Gasteiger partial charge in [0.15, 0.2) is 0 Å². The van der Waals surface area contributed by atoms with E-state index in [1.54, 1.807) is 18.5 Å². The van der Waals surface area contributed by atoms with Crippen molar-refractivity contribution in [3.63, 3.8) is 0 Å². The molecule has 3 rings (SSSR count). The van der Waals surface area contributed by atoms with Gasteiger partial charge in [-0.3, -0.25) is 19.7 Å². The smallest absolute Gasteiger partial charge is 0.244 e. The summed E-state index contributed by atoms with van der Waals surface area (Å²) >= 11 is 0. The SMILES string of the molecule is O=C(/C=C\c1ccnc2ccccc12)NCC(=O)Nc1cn[nH]c1. The van der Waals surface area contributed by atoms with Crippen LogP contribution in [0.5, 0.6) is 0 Å². The van der Waals surface area contributed by atoms with Crippen LogP contribution in [0.1, 0.15) is 5.56 Å². The third-order valence-corrected chi connectivity index (χ3v) is 3.30. The molecule has 3 aromatic rings. The third kappa shape index (κ3) is 3.83. The number of H-pyrrole nitrogens is 1. The lowest BCUT2D eigenvalue weighted by molar-refractivity contribution is -0.121. The van der Waals surface area contributed by atoms with Gasteiger partial charge < -0.3 is 10.6 Å². The Kier molecular flexibility index (Phi) is 4.62. The van der Waals surface area contributed by atoms with Crippen molar-refractivity contribution in [1.82, 2.24) is 20.5 Å². The number of nitrogens with zero attached hydrogens (tertiary/aromatic N) is 2. The standard InChI is InChI=1S/C17H15N5O2/c23-16(19-11-17(24)22-13-9-20-21-10-13)6-5-12-7-8-18-15-4-2-1-3-14(12)15/h1-10H,11H2,(H,19,23)(H,20,21)(H,22,24)/b6-5-. The van der Waals surface area contributed by atoms with Crippen LogP contribution in [0.4, 0.5) is 5.69 Å². The number of anilines is 1. The molecule has 0 spiro atoms. The lowest BCUT2D eigenvalue weighted by Crippen LogP contribution is -2.31. The zero-order valence-corrected chi connectivity index (χ0v) is 12.7. The van der Waals surface area contributed by atoms with Gasteiger partial charge in [-0.25, -0.2) is 0 Å². The first kappa shape index (κ1) is 15.4. The first-order chi connectivity index (χ1) is 11.7. The summed E-state index contributed by atoms with van der Waals surface area (Å²) in [5.41, 5.74) is 2.30. The van der Waals surface area contributed by atoms with E-state index >= 15 is 0 Å². The number of amides is 2. The fourth-order valence-electron chi connectivity index (χ4n) is 2.18. The Balaban J connectivity index is 1.58. The molecule has 0 saturated carbocycles. The Labute approximate surface area is 137 Å². The molecule has 2 heterocycles. The average molecular weight is 321 g/mol. The van der Waals surface area contributed by atoms with Crippen molar-refractivity contribution in [2.75, 3.05) is 11.9 Å². The first-order valence-electron chi connectivity index (χ1n) is 7.31. The van der Waals surface area contributed by atoms with Gasteiger partial charge in [-0.15, -0.1) is 0 Å². The lowest BCUT2D eigenvalue weighted by Gasteiger charge is -2.03. The van der Waals surface area contributed by atoms with E-state index in [1.807, 2.05) is 30.3 Å². The van der Waals surface area contributed by atoms with Gasteiger partial charge in [0.2, 0.25) is 11.8 Å². The summed E-state index contributed by atoms with van der Waals surface area (Å²) in [6, 6.07) is 9.51. The van der Waals surface area contributed by atoms with Crippen molar-refractivity contribution in [3.8, 4) is 0 Å². The molecule has 120 valence electrons. The number of aromatic nitrogens is 3. The van der Waals surface area contributed by atoms with Crippen molar-refractivity contribution in [2.45, 2.75) is 0 Å². The van der Waals surface area contributed by atoms with Gasteiger partial charge in [-0.05, 0) is 23.8 Å². The quantitative estimate of drug-likeness (QED) is 0.623. The largest absolute Gasteiger partial charge is 0.343 e. The van der Waals surface area contributed by atoms with Crippen LogP contribution in [0.3, 0.4) is 0 Å². The van der Waals surface area contributed by atoms with Gasteiger partial charge in [0.1, 0.15) is 0 Å². The molecule has 2 aromatic heterocycles. The van der Waals surface area contributed by atoms with Crippen LogP contribution >= 0.6 is 0 Å². The van der Waals surface area contributed by atoms with E-state index in [1.165, 1.54) is 12.3 Å². The van der Waals surface area contributed by atoms with Crippen LogP contribution < -0.4 is 10.6 Å². The molecule has 0 aliphatic heterocycles. The highest BCUT2D eigenvalue weighted by Crippen LogP contribution is 2.17. The minimum absolute atomic E-state index is 0.120. The lowest BCUT2D eigenvalue weighted by atomic mass is 10.1. The molecule has 0 radical (unpaired) electrons. The number of rotatable bonds is 5. The van der Waals surface area contributed by atoms with E-state index in [0.717, 1.165) is 16.5 Å². The van der Waals surface area contributed by atoms with Gasteiger partial charge in [0.05, 0.1) is 23.9 Å². The minimum atomic E-state index is -0.349. The Bertz CT molecular complexity index is 882. The maximum atomic E-state index is 11.8. The highest BCUT2D eigenvalue weighted by Gasteiger charge is 2.05. The molecule has 0 bridgehead atoms. The minimum Gasteiger partial charge on any atom is -0.343 e. The van der Waals surface area contributed by atoms with Crippen LogP contribution in [0.2, 0.25) is 0 Å². The monoisotopic (exact) mass is 321 g/mol. The number of fused-ring (bicyclic) bond motifs is 1. The fraction of sp³-hybridized carbons (Fsp3) is 0.0588. The molecule has 24 heavy (non-hydrogen) atoms. The summed E-state index contributed by atoms with van der Waals surface area (Å²) in [5.74, 6) is -0.675. The summed E-state index contributed by atoms with van der Waals surface area (Å²) in [4.78, 5) is 27.8. The third-order valence-electron chi connectivity index (χ3n) is 3.30. The van der Waals surface area contributed by atoms with Gasteiger partial charge in [-0.2, -0.15) is 5.10 Å². The van der Waals surface area contributed by atoms with Crippen LogP contribution in [0, 0.1) is 0 Å². The van der Waals surface area contributed by atoms with Gasteiger partial charge in [0, 0.05) is 23.9 Å². The predicted octanol–water partition coefficient (Wildman–Crippen LogP) is 1.73. The topological polar surface area (TPSA) is 99.8 Å². The van der Waals surface area contributed by atoms with E-state index in [4.69, 9.17) is 0 Å². The Hall–Kier alpha value is -3.48. The van der Waals surface area contributed by atoms with Crippen molar-refractivity contribution < 1.29 is 9.59 Å². The Morgan fingerprint density at radius 3 is 2.92 bits per heavy atom. The number of carbonyl (C=O) groups excluding carboxylic acids is 2. The summed E-state index contributed by atoms with van der Waals surface area (Å²) < 4.78 is 0. The highest BCUT2D eigenvalue weighted by atomic mass is 16.2. The van der Waals surface area contributed by atoms with E-state index in [2.05, 4.69) is 25.8 Å². The zero-order valence-electron chi connectivity index (χ0n) is 12.7. The van der Waals surface area contributed by atoms with Gasteiger partial charge in [0.25, 0.3) is 0 Å². The number of para-hydroxylation sites is 1. The molecule has 7 heteroatoms. The van der Waals surface area contributed by atoms with Crippen molar-refractivity contribution >= 4 is 34.5 Å². The highest BCUT2D eigenvalue weighted by molar-refractivity contribution is 5.99. The molecule has 0 fully saturated rings. The fourth-order valence-corrected chi connectivity index (χ4v) is 2.18. The number of aromatic amines is 1. The van der Waals surface area contributed by atoms with Crippen LogP contribution in [-0.2, 0) is 9.59 Å². The maximum absolute atomic E-state index is 11.8. The molecule has 1 aromatic carbocycles. The molecule has 0 saturated heterocycles. The van der Waals surface area contributed by atoms with Gasteiger partial charge in [-0.1, -0.05) is 18.2 Å². The molecule has 2 amide bonds. The van der Waals surface area contributed by atoms with E-state index < -0.39 is 0 Å². The number of pyridine rings is 1. The van der Waals surface area contributed by atoms with Crippen LogP contribution in [0.25, 0.3) is 17.0 Å². The molecule has 0 aliphatic carbocycles. The van der Waals surface area contributed by atoms with Crippen molar-refractivity contribution in [3.05, 3.63) is 60.6 Å². The Morgan fingerprint density at radius 1 is 1.21 bits per heavy atom. The van der Waals surface area contributed by atoms with Crippen LogP contribution in [0.15, 0.2) is 55.0 Å². The van der Waals surface area contributed by atoms with E-state index in [9.17, 15) is 9.59 Å².